The fourth-order valence-corrected chi connectivity index (χ4v) is 1.70. The van der Waals surface area contributed by atoms with Gasteiger partial charge in [0, 0.05) is 25.3 Å². The Morgan fingerprint density at radius 3 is 2.65 bits per heavy atom. The SMILES string of the molecule is CC(C)COCCCNCc1ccc(/C(N)=N/O)cc1. The summed E-state index contributed by atoms with van der Waals surface area (Å²) >= 11 is 0. The Hall–Kier alpha value is -1.59. The predicted octanol–water partition coefficient (Wildman–Crippen LogP) is 1.93. The summed E-state index contributed by atoms with van der Waals surface area (Å²) in [5.41, 5.74) is 7.39. The van der Waals surface area contributed by atoms with E-state index in [4.69, 9.17) is 15.7 Å². The predicted molar refractivity (Wildman–Crippen MR) is 80.9 cm³/mol. The molecule has 1 aromatic rings. The summed E-state index contributed by atoms with van der Waals surface area (Å²) in [4.78, 5) is 0. The second kappa shape index (κ2) is 9.34. The number of oxime groups is 1. The molecule has 0 unspecified atom stereocenters. The topological polar surface area (TPSA) is 79.9 Å². The highest BCUT2D eigenvalue weighted by molar-refractivity contribution is 5.96. The molecule has 5 nitrogen and oxygen atoms in total. The zero-order chi connectivity index (χ0) is 14.8. The summed E-state index contributed by atoms with van der Waals surface area (Å²) in [7, 11) is 0. The molecular weight excluding hydrogens is 254 g/mol. The molecule has 5 heteroatoms. The normalized spacial score (nSPS) is 12.1. The number of ether oxygens (including phenoxy) is 1. The highest BCUT2D eigenvalue weighted by Gasteiger charge is 1.99. The van der Waals surface area contributed by atoms with Gasteiger partial charge in [-0.3, -0.25) is 0 Å². The van der Waals surface area contributed by atoms with Gasteiger partial charge in [-0.15, -0.1) is 0 Å². The van der Waals surface area contributed by atoms with E-state index in [-0.39, 0.29) is 5.84 Å². The largest absolute Gasteiger partial charge is 0.409 e. The van der Waals surface area contributed by atoms with Gasteiger partial charge < -0.3 is 21.0 Å². The molecule has 1 aromatic carbocycles. The van der Waals surface area contributed by atoms with E-state index in [2.05, 4.69) is 24.3 Å². The molecule has 0 saturated heterocycles. The third-order valence-electron chi connectivity index (χ3n) is 2.78. The van der Waals surface area contributed by atoms with Crippen LogP contribution in [0.25, 0.3) is 0 Å². The first-order valence-electron chi connectivity index (χ1n) is 6.98. The molecule has 0 aliphatic rings. The van der Waals surface area contributed by atoms with E-state index < -0.39 is 0 Å². The Morgan fingerprint density at radius 1 is 1.35 bits per heavy atom. The molecule has 0 aromatic heterocycles. The first-order chi connectivity index (χ1) is 9.63. The van der Waals surface area contributed by atoms with Crippen molar-refractivity contribution in [2.24, 2.45) is 16.8 Å². The Kier molecular flexibility index (Phi) is 7.69. The van der Waals surface area contributed by atoms with E-state index in [1.807, 2.05) is 24.3 Å². The fraction of sp³-hybridized carbons (Fsp3) is 0.533. The summed E-state index contributed by atoms with van der Waals surface area (Å²) in [5, 5.41) is 14.9. The molecule has 0 fully saturated rings. The summed E-state index contributed by atoms with van der Waals surface area (Å²) < 4.78 is 5.51. The monoisotopic (exact) mass is 279 g/mol. The number of nitrogens with one attached hydrogen (secondary N) is 1. The van der Waals surface area contributed by atoms with Gasteiger partial charge in [0.15, 0.2) is 5.84 Å². The molecule has 112 valence electrons. The van der Waals surface area contributed by atoms with Gasteiger partial charge in [0.1, 0.15) is 0 Å². The number of rotatable bonds is 9. The number of nitrogens with two attached hydrogens (primary N) is 1. The van der Waals surface area contributed by atoms with Crippen molar-refractivity contribution < 1.29 is 9.94 Å². The molecule has 0 aliphatic carbocycles. The maximum atomic E-state index is 8.57. The highest BCUT2D eigenvalue weighted by Crippen LogP contribution is 2.04. The van der Waals surface area contributed by atoms with Crippen LogP contribution in [0.15, 0.2) is 29.4 Å². The quantitative estimate of drug-likeness (QED) is 0.212. The van der Waals surface area contributed by atoms with Crippen molar-refractivity contribution in [3.8, 4) is 0 Å². The van der Waals surface area contributed by atoms with Crippen molar-refractivity contribution in [1.82, 2.24) is 5.32 Å². The number of amidine groups is 1. The van der Waals surface area contributed by atoms with Crippen molar-refractivity contribution in [1.29, 1.82) is 0 Å². The Balaban J connectivity index is 2.16. The van der Waals surface area contributed by atoms with Crippen LogP contribution >= 0.6 is 0 Å². The van der Waals surface area contributed by atoms with E-state index in [0.717, 1.165) is 38.3 Å². The average molecular weight is 279 g/mol. The molecular formula is C15H25N3O2. The number of nitrogens with zero attached hydrogens (tertiary/aromatic N) is 1. The second-order valence-corrected chi connectivity index (χ2v) is 5.18. The van der Waals surface area contributed by atoms with E-state index in [1.165, 1.54) is 5.56 Å². The highest BCUT2D eigenvalue weighted by atomic mass is 16.5. The molecule has 0 aliphatic heterocycles. The molecule has 1 rings (SSSR count). The van der Waals surface area contributed by atoms with Crippen molar-refractivity contribution in [2.45, 2.75) is 26.8 Å². The van der Waals surface area contributed by atoms with Gasteiger partial charge in [-0.1, -0.05) is 43.3 Å². The number of hydrogen-bond acceptors (Lipinski definition) is 4. The Morgan fingerprint density at radius 2 is 2.05 bits per heavy atom. The first kappa shape index (κ1) is 16.5. The minimum absolute atomic E-state index is 0.131. The van der Waals surface area contributed by atoms with Crippen LogP contribution in [-0.4, -0.2) is 30.8 Å². The van der Waals surface area contributed by atoms with Gasteiger partial charge in [0.25, 0.3) is 0 Å². The molecule has 0 saturated carbocycles. The van der Waals surface area contributed by atoms with Crippen LogP contribution in [0.1, 0.15) is 31.4 Å². The van der Waals surface area contributed by atoms with Crippen molar-refractivity contribution in [2.75, 3.05) is 19.8 Å². The summed E-state index contributed by atoms with van der Waals surface area (Å²) in [6.07, 6.45) is 1.01. The Labute approximate surface area is 120 Å². The Bertz CT molecular complexity index is 402. The average Bonchev–Trinajstić information content (AvgIpc) is 2.45. The summed E-state index contributed by atoms with van der Waals surface area (Å²) in [5.74, 6) is 0.725. The molecule has 0 atom stereocenters. The van der Waals surface area contributed by atoms with Crippen LogP contribution in [0.2, 0.25) is 0 Å². The molecule has 0 heterocycles. The van der Waals surface area contributed by atoms with Gasteiger partial charge in [-0.2, -0.15) is 0 Å². The third kappa shape index (κ3) is 6.54. The summed E-state index contributed by atoms with van der Waals surface area (Å²) in [6, 6.07) is 7.63. The number of benzene rings is 1. The van der Waals surface area contributed by atoms with Crippen LogP contribution in [0.4, 0.5) is 0 Å². The van der Waals surface area contributed by atoms with Gasteiger partial charge in [0.2, 0.25) is 0 Å². The molecule has 0 amide bonds. The third-order valence-corrected chi connectivity index (χ3v) is 2.78. The van der Waals surface area contributed by atoms with Crippen LogP contribution in [0.5, 0.6) is 0 Å². The van der Waals surface area contributed by atoms with Crippen molar-refractivity contribution in [3.63, 3.8) is 0 Å². The maximum absolute atomic E-state index is 8.57. The van der Waals surface area contributed by atoms with Gasteiger partial charge >= 0.3 is 0 Å². The van der Waals surface area contributed by atoms with Gasteiger partial charge in [-0.25, -0.2) is 0 Å². The first-order valence-corrected chi connectivity index (χ1v) is 6.98. The lowest BCUT2D eigenvalue weighted by molar-refractivity contribution is 0.108. The van der Waals surface area contributed by atoms with E-state index in [0.29, 0.717) is 5.92 Å². The standard InChI is InChI=1S/C15H25N3O2/c1-12(2)11-20-9-3-8-17-10-13-4-6-14(7-5-13)15(16)18-19/h4-7,12,17,19H,3,8-11H2,1-2H3,(H2,16,18). The zero-order valence-electron chi connectivity index (χ0n) is 12.3. The van der Waals surface area contributed by atoms with Gasteiger partial charge in [0.05, 0.1) is 0 Å². The lowest BCUT2D eigenvalue weighted by Gasteiger charge is -2.08. The lowest BCUT2D eigenvalue weighted by Crippen LogP contribution is -2.17. The molecule has 0 spiro atoms. The zero-order valence-corrected chi connectivity index (χ0v) is 12.3. The second-order valence-electron chi connectivity index (χ2n) is 5.18. The van der Waals surface area contributed by atoms with Crippen LogP contribution in [0, 0.1) is 5.92 Å². The van der Waals surface area contributed by atoms with Crippen molar-refractivity contribution in [3.05, 3.63) is 35.4 Å². The van der Waals surface area contributed by atoms with E-state index in [9.17, 15) is 0 Å². The summed E-state index contributed by atoms with van der Waals surface area (Å²) in [6.45, 7) is 7.66. The van der Waals surface area contributed by atoms with Gasteiger partial charge in [-0.05, 0) is 24.4 Å². The van der Waals surface area contributed by atoms with Crippen LogP contribution in [0.3, 0.4) is 0 Å². The maximum Gasteiger partial charge on any atom is 0.170 e. The molecule has 4 N–H and O–H groups in total. The molecule has 0 bridgehead atoms. The molecule has 0 radical (unpaired) electrons. The minimum atomic E-state index is 0.131. The van der Waals surface area contributed by atoms with E-state index in [1.54, 1.807) is 0 Å². The van der Waals surface area contributed by atoms with E-state index >= 15 is 0 Å². The fourth-order valence-electron chi connectivity index (χ4n) is 1.70. The van der Waals surface area contributed by atoms with Crippen LogP contribution < -0.4 is 11.1 Å². The van der Waals surface area contributed by atoms with Crippen molar-refractivity contribution >= 4 is 5.84 Å². The molecule has 20 heavy (non-hydrogen) atoms. The smallest absolute Gasteiger partial charge is 0.170 e. The van der Waals surface area contributed by atoms with Crippen LogP contribution in [-0.2, 0) is 11.3 Å². The minimum Gasteiger partial charge on any atom is -0.409 e. The lowest BCUT2D eigenvalue weighted by atomic mass is 10.1. The number of hydrogen-bond donors (Lipinski definition) is 3.